The number of hydrogen-bond donors (Lipinski definition) is 2. The van der Waals surface area contributed by atoms with E-state index in [1.165, 1.54) is 5.56 Å². The summed E-state index contributed by atoms with van der Waals surface area (Å²) < 4.78 is 11.2. The average molecular weight is 463 g/mol. The molecule has 0 aliphatic rings. The third kappa shape index (κ3) is 12.0. The van der Waals surface area contributed by atoms with Crippen LogP contribution in [0.15, 0.2) is 29.3 Å². The molecule has 0 aliphatic carbocycles. The Bertz CT molecular complexity index is 476. The standard InChI is InChI=1S/C19H33N3O2.HI/c1-15(2)14-23-12-6-11-21-19(20-5)22-13-17-7-9-18(10-8-17)24-16(3)4;/h7-10,15-16H,6,11-14H2,1-5H3,(H2,20,21,22);1H. The molecule has 0 aliphatic heterocycles. The van der Waals surface area contributed by atoms with Crippen LogP contribution in [-0.2, 0) is 11.3 Å². The predicted molar refractivity (Wildman–Crippen MR) is 116 cm³/mol. The Morgan fingerprint density at radius 3 is 2.32 bits per heavy atom. The molecule has 0 bridgehead atoms. The highest BCUT2D eigenvalue weighted by Crippen LogP contribution is 2.13. The van der Waals surface area contributed by atoms with Crippen LogP contribution >= 0.6 is 24.0 Å². The normalized spacial score (nSPS) is 11.4. The maximum atomic E-state index is 5.65. The Morgan fingerprint density at radius 2 is 1.76 bits per heavy atom. The van der Waals surface area contributed by atoms with E-state index in [0.29, 0.717) is 5.92 Å². The van der Waals surface area contributed by atoms with E-state index in [4.69, 9.17) is 9.47 Å². The topological polar surface area (TPSA) is 54.9 Å². The fourth-order valence-electron chi connectivity index (χ4n) is 2.06. The van der Waals surface area contributed by atoms with Crippen LogP contribution in [0.2, 0.25) is 0 Å². The van der Waals surface area contributed by atoms with Gasteiger partial charge in [0, 0.05) is 33.4 Å². The van der Waals surface area contributed by atoms with Crippen molar-refractivity contribution in [2.24, 2.45) is 10.9 Å². The van der Waals surface area contributed by atoms with Gasteiger partial charge in [0.05, 0.1) is 6.10 Å². The Labute approximate surface area is 170 Å². The number of benzene rings is 1. The first kappa shape index (κ1) is 24.0. The van der Waals surface area contributed by atoms with E-state index in [2.05, 4.69) is 41.6 Å². The Kier molecular flexibility index (Phi) is 13.6. The molecule has 0 spiro atoms. The number of guanidine groups is 1. The molecule has 0 atom stereocenters. The average Bonchev–Trinajstić information content (AvgIpc) is 2.54. The first-order valence-corrected chi connectivity index (χ1v) is 8.79. The van der Waals surface area contributed by atoms with E-state index in [-0.39, 0.29) is 30.1 Å². The molecule has 0 amide bonds. The van der Waals surface area contributed by atoms with Gasteiger partial charge < -0.3 is 20.1 Å². The van der Waals surface area contributed by atoms with Gasteiger partial charge in [-0.25, -0.2) is 0 Å². The van der Waals surface area contributed by atoms with E-state index < -0.39 is 0 Å². The summed E-state index contributed by atoms with van der Waals surface area (Å²) in [5.74, 6) is 2.30. The minimum Gasteiger partial charge on any atom is -0.491 e. The van der Waals surface area contributed by atoms with Crippen LogP contribution in [0.4, 0.5) is 0 Å². The van der Waals surface area contributed by atoms with Crippen molar-refractivity contribution >= 4 is 29.9 Å². The number of nitrogens with one attached hydrogen (secondary N) is 2. The van der Waals surface area contributed by atoms with Crippen LogP contribution in [0.25, 0.3) is 0 Å². The summed E-state index contributed by atoms with van der Waals surface area (Å²) in [7, 11) is 1.78. The minimum absolute atomic E-state index is 0. The van der Waals surface area contributed by atoms with Gasteiger partial charge in [0.1, 0.15) is 5.75 Å². The van der Waals surface area contributed by atoms with Crippen molar-refractivity contribution in [1.82, 2.24) is 10.6 Å². The van der Waals surface area contributed by atoms with Gasteiger partial charge in [-0.3, -0.25) is 4.99 Å². The lowest BCUT2D eigenvalue weighted by atomic mass is 10.2. The van der Waals surface area contributed by atoms with E-state index in [1.54, 1.807) is 7.05 Å². The van der Waals surface area contributed by atoms with Crippen molar-refractivity contribution in [3.8, 4) is 5.75 Å². The van der Waals surface area contributed by atoms with Crippen LogP contribution in [0.1, 0.15) is 39.7 Å². The second kappa shape index (κ2) is 14.2. The monoisotopic (exact) mass is 463 g/mol. The number of ether oxygens (including phenoxy) is 2. The van der Waals surface area contributed by atoms with Crippen molar-refractivity contribution < 1.29 is 9.47 Å². The lowest BCUT2D eigenvalue weighted by Gasteiger charge is -2.13. The smallest absolute Gasteiger partial charge is 0.191 e. The quantitative estimate of drug-likeness (QED) is 0.240. The van der Waals surface area contributed by atoms with E-state index in [9.17, 15) is 0 Å². The van der Waals surface area contributed by atoms with Crippen LogP contribution in [0, 0.1) is 5.92 Å². The third-order valence-electron chi connectivity index (χ3n) is 3.19. The molecule has 0 saturated carbocycles. The molecule has 1 rings (SSSR count). The zero-order chi connectivity index (χ0) is 17.8. The van der Waals surface area contributed by atoms with Gasteiger partial charge in [-0.1, -0.05) is 26.0 Å². The highest BCUT2D eigenvalue weighted by atomic mass is 127. The first-order valence-electron chi connectivity index (χ1n) is 8.79. The first-order chi connectivity index (χ1) is 11.5. The zero-order valence-electron chi connectivity index (χ0n) is 16.2. The molecule has 6 heteroatoms. The SMILES string of the molecule is CN=C(NCCCOCC(C)C)NCc1ccc(OC(C)C)cc1.I. The number of rotatable bonds is 10. The minimum atomic E-state index is 0. The Hall–Kier alpha value is -1.02. The molecule has 0 radical (unpaired) electrons. The Morgan fingerprint density at radius 1 is 1.08 bits per heavy atom. The van der Waals surface area contributed by atoms with Crippen LogP contribution < -0.4 is 15.4 Å². The molecule has 144 valence electrons. The maximum absolute atomic E-state index is 5.65. The summed E-state index contributed by atoms with van der Waals surface area (Å²) in [5, 5.41) is 6.61. The fourth-order valence-corrected chi connectivity index (χ4v) is 2.06. The second-order valence-electron chi connectivity index (χ2n) is 6.49. The molecular weight excluding hydrogens is 429 g/mol. The lowest BCUT2D eigenvalue weighted by Crippen LogP contribution is -2.37. The molecule has 0 fully saturated rings. The summed E-state index contributed by atoms with van der Waals surface area (Å²) in [6, 6.07) is 8.13. The third-order valence-corrected chi connectivity index (χ3v) is 3.19. The fraction of sp³-hybridized carbons (Fsp3) is 0.632. The molecule has 2 N–H and O–H groups in total. The molecule has 0 heterocycles. The van der Waals surface area contributed by atoms with Crippen molar-refractivity contribution in [2.75, 3.05) is 26.8 Å². The van der Waals surface area contributed by atoms with Gasteiger partial charge in [0.25, 0.3) is 0 Å². The summed E-state index contributed by atoms with van der Waals surface area (Å²) in [4.78, 5) is 4.23. The molecule has 25 heavy (non-hydrogen) atoms. The molecule has 0 saturated heterocycles. The second-order valence-corrected chi connectivity index (χ2v) is 6.49. The summed E-state index contributed by atoms with van der Waals surface area (Å²) >= 11 is 0. The zero-order valence-corrected chi connectivity index (χ0v) is 18.5. The highest BCUT2D eigenvalue weighted by molar-refractivity contribution is 14.0. The van der Waals surface area contributed by atoms with Gasteiger partial charge in [0.15, 0.2) is 5.96 Å². The molecule has 0 aromatic heterocycles. The van der Waals surface area contributed by atoms with Crippen LogP contribution in [-0.4, -0.2) is 38.9 Å². The summed E-state index contributed by atoms with van der Waals surface area (Å²) in [5.41, 5.74) is 1.19. The largest absolute Gasteiger partial charge is 0.491 e. The number of hydrogen-bond acceptors (Lipinski definition) is 3. The van der Waals surface area contributed by atoms with Crippen LogP contribution in [0.5, 0.6) is 5.75 Å². The highest BCUT2D eigenvalue weighted by Gasteiger charge is 2.01. The van der Waals surface area contributed by atoms with Gasteiger partial charge in [-0.05, 0) is 43.9 Å². The number of nitrogens with zero attached hydrogens (tertiary/aromatic N) is 1. The molecule has 1 aromatic rings. The summed E-state index contributed by atoms with van der Waals surface area (Å²) in [6.45, 7) is 11.5. The predicted octanol–water partition coefficient (Wildman–Crippen LogP) is 3.82. The van der Waals surface area contributed by atoms with E-state index in [0.717, 1.165) is 44.4 Å². The maximum Gasteiger partial charge on any atom is 0.191 e. The molecular formula is C19H34IN3O2. The van der Waals surface area contributed by atoms with Gasteiger partial charge in [-0.15, -0.1) is 24.0 Å². The summed E-state index contributed by atoms with van der Waals surface area (Å²) in [6.07, 6.45) is 1.16. The van der Waals surface area contributed by atoms with Crippen molar-refractivity contribution in [3.63, 3.8) is 0 Å². The van der Waals surface area contributed by atoms with Crippen molar-refractivity contribution in [3.05, 3.63) is 29.8 Å². The number of halogens is 1. The van der Waals surface area contributed by atoms with Gasteiger partial charge in [0.2, 0.25) is 0 Å². The molecule has 1 aromatic carbocycles. The van der Waals surface area contributed by atoms with Crippen molar-refractivity contribution in [2.45, 2.75) is 46.8 Å². The molecule has 0 unspecified atom stereocenters. The molecule has 5 nitrogen and oxygen atoms in total. The van der Waals surface area contributed by atoms with Gasteiger partial charge >= 0.3 is 0 Å². The number of aliphatic imine (C=N–C) groups is 1. The van der Waals surface area contributed by atoms with Crippen LogP contribution in [0.3, 0.4) is 0 Å². The van der Waals surface area contributed by atoms with E-state index in [1.807, 2.05) is 26.0 Å². The Balaban J connectivity index is 0.00000576. The van der Waals surface area contributed by atoms with Gasteiger partial charge in [-0.2, -0.15) is 0 Å². The lowest BCUT2D eigenvalue weighted by molar-refractivity contribution is 0.108. The van der Waals surface area contributed by atoms with Crippen molar-refractivity contribution in [1.29, 1.82) is 0 Å². The van der Waals surface area contributed by atoms with E-state index >= 15 is 0 Å².